The minimum Gasteiger partial charge on any atom is -0.366 e. The zero-order valence-corrected chi connectivity index (χ0v) is 23.6. The van der Waals surface area contributed by atoms with E-state index in [4.69, 9.17) is 11.5 Å². The van der Waals surface area contributed by atoms with Crippen molar-refractivity contribution in [1.29, 1.82) is 5.26 Å². The Kier molecular flexibility index (Phi) is 6.50. The maximum Gasteiger partial charge on any atom is 0.248 e. The number of hydrogen-bond donors (Lipinski definition) is 4. The molecule has 3 amide bonds. The van der Waals surface area contributed by atoms with Gasteiger partial charge >= 0.3 is 0 Å². The molecule has 2 saturated carbocycles. The first-order chi connectivity index (χ1) is 20.8. The van der Waals surface area contributed by atoms with Crippen molar-refractivity contribution in [3.63, 3.8) is 0 Å². The quantitative estimate of drug-likeness (QED) is 0.289. The van der Waals surface area contributed by atoms with Gasteiger partial charge in [-0.25, -0.2) is 0 Å². The Morgan fingerprint density at radius 2 is 1.70 bits per heavy atom. The number of piperidine rings is 1. The van der Waals surface area contributed by atoms with Crippen LogP contribution in [-0.4, -0.2) is 67.9 Å². The van der Waals surface area contributed by atoms with Crippen molar-refractivity contribution >= 4 is 17.7 Å². The Hall–Kier alpha value is -4.63. The second-order valence-electron chi connectivity index (χ2n) is 12.4. The second kappa shape index (κ2) is 10.3. The average Bonchev–Trinajstić information content (AvgIpc) is 3.91. The van der Waals surface area contributed by atoms with Gasteiger partial charge in [0.1, 0.15) is 6.04 Å². The van der Waals surface area contributed by atoms with Crippen LogP contribution in [-0.2, 0) is 23.1 Å². The van der Waals surface area contributed by atoms with Gasteiger partial charge in [-0.1, -0.05) is 17.3 Å². The Bertz CT molecular complexity index is 1590. The smallest absolute Gasteiger partial charge is 0.248 e. The molecule has 0 unspecified atom stereocenters. The number of nitriles is 1. The molecule has 0 bridgehead atoms. The van der Waals surface area contributed by atoms with E-state index in [0.717, 1.165) is 47.9 Å². The Morgan fingerprint density at radius 1 is 1.05 bits per heavy atom. The van der Waals surface area contributed by atoms with E-state index >= 15 is 0 Å². The predicted molar refractivity (Wildman–Crippen MR) is 153 cm³/mol. The SMILES string of the molecule is N#C[C@@H]1C[C@@H]2C[C@@H]2N1C(=O)CN[C@H](CC1(c2nn[nH]n2)c2ccc(C(N)=O)cc2CCc2cc(C(N)=O)ccc21)C1CC1. The summed E-state index contributed by atoms with van der Waals surface area (Å²) in [4.78, 5) is 39.6. The summed E-state index contributed by atoms with van der Waals surface area (Å²) in [6, 6.07) is 13.0. The highest BCUT2D eigenvalue weighted by atomic mass is 16.2. The summed E-state index contributed by atoms with van der Waals surface area (Å²) in [7, 11) is 0. The van der Waals surface area contributed by atoms with Crippen LogP contribution < -0.4 is 16.8 Å². The molecule has 2 heterocycles. The summed E-state index contributed by atoms with van der Waals surface area (Å²) in [5.41, 5.74) is 14.9. The fourth-order valence-corrected chi connectivity index (χ4v) is 7.52. The van der Waals surface area contributed by atoms with Crippen LogP contribution >= 0.6 is 0 Å². The molecule has 4 atom stereocenters. The van der Waals surface area contributed by atoms with E-state index in [1.54, 1.807) is 17.0 Å². The maximum absolute atomic E-state index is 13.4. The number of nitrogens with zero attached hydrogens (tertiary/aromatic N) is 5. The molecule has 3 aliphatic carbocycles. The molecule has 1 aromatic heterocycles. The average molecular weight is 580 g/mol. The zero-order chi connectivity index (χ0) is 29.9. The topological polar surface area (TPSA) is 197 Å². The molecule has 1 saturated heterocycles. The maximum atomic E-state index is 13.4. The third-order valence-electron chi connectivity index (χ3n) is 9.86. The van der Waals surface area contributed by atoms with Crippen molar-refractivity contribution in [2.75, 3.05) is 6.54 Å². The molecule has 6 N–H and O–H groups in total. The molecule has 3 fully saturated rings. The normalized spacial score (nSPS) is 23.7. The highest BCUT2D eigenvalue weighted by Gasteiger charge is 2.54. The molecule has 43 heavy (non-hydrogen) atoms. The minimum atomic E-state index is -0.922. The standard InChI is InChI=1S/C31H33N9O3/c32-14-22-11-21-12-26(21)40(22)27(41)15-35-25(16-1-2-16)13-31(30-36-38-39-37-30)23-7-5-19(28(33)42)9-17(23)3-4-18-10-20(29(34)43)6-8-24(18)31/h5-10,16,21-22,25-26,35H,1-4,11-13,15H2,(H2,33,42)(H2,34,43)(H,36,37,38,39)/t21-,22+,25-,26+/m1/s1. The van der Waals surface area contributed by atoms with Crippen molar-refractivity contribution in [2.45, 2.75) is 68.5 Å². The van der Waals surface area contributed by atoms with Gasteiger partial charge in [-0.15, -0.1) is 10.2 Å². The van der Waals surface area contributed by atoms with Crippen molar-refractivity contribution in [1.82, 2.24) is 30.8 Å². The number of primary amides is 2. The van der Waals surface area contributed by atoms with E-state index in [1.807, 2.05) is 24.3 Å². The highest BCUT2D eigenvalue weighted by Crippen LogP contribution is 2.50. The lowest BCUT2D eigenvalue weighted by Crippen LogP contribution is -2.48. The fourth-order valence-electron chi connectivity index (χ4n) is 7.52. The van der Waals surface area contributed by atoms with Crippen molar-refractivity contribution in [3.05, 3.63) is 75.6 Å². The number of nitrogens with one attached hydrogen (secondary N) is 2. The number of nitrogens with two attached hydrogens (primary N) is 2. The van der Waals surface area contributed by atoms with Crippen LogP contribution in [0.1, 0.15) is 80.9 Å². The van der Waals surface area contributed by atoms with Gasteiger partial charge in [0.15, 0.2) is 5.82 Å². The lowest BCUT2D eigenvalue weighted by molar-refractivity contribution is -0.131. The number of aryl methyl sites for hydroxylation is 2. The number of tetrazole rings is 1. The zero-order valence-electron chi connectivity index (χ0n) is 23.6. The Balaban J connectivity index is 1.32. The van der Waals surface area contributed by atoms with Gasteiger partial charge in [0.2, 0.25) is 17.7 Å². The highest BCUT2D eigenvalue weighted by molar-refractivity contribution is 5.94. The minimum absolute atomic E-state index is 0.0466. The van der Waals surface area contributed by atoms with E-state index in [1.165, 1.54) is 0 Å². The van der Waals surface area contributed by atoms with Crippen LogP contribution in [0.2, 0.25) is 0 Å². The van der Waals surface area contributed by atoms with Gasteiger partial charge in [0, 0.05) is 23.2 Å². The van der Waals surface area contributed by atoms with E-state index in [9.17, 15) is 19.6 Å². The number of aromatic amines is 1. The van der Waals surface area contributed by atoms with Crippen LogP contribution in [0, 0.1) is 23.2 Å². The molecule has 0 radical (unpaired) electrons. The second-order valence-corrected chi connectivity index (χ2v) is 12.4. The summed E-state index contributed by atoms with van der Waals surface area (Å²) in [6.07, 6.45) is 5.47. The summed E-state index contributed by atoms with van der Waals surface area (Å²) in [5, 5.41) is 28.8. The van der Waals surface area contributed by atoms with Gasteiger partial charge in [-0.3, -0.25) is 14.4 Å². The lowest BCUT2D eigenvalue weighted by Gasteiger charge is -2.37. The van der Waals surface area contributed by atoms with E-state index in [0.29, 0.717) is 48.0 Å². The first-order valence-electron chi connectivity index (χ1n) is 14.8. The summed E-state index contributed by atoms with van der Waals surface area (Å²) >= 11 is 0. The third kappa shape index (κ3) is 4.64. The molecule has 3 aromatic rings. The van der Waals surface area contributed by atoms with Crippen LogP contribution in [0.25, 0.3) is 0 Å². The first kappa shape index (κ1) is 27.2. The molecule has 12 nitrogen and oxygen atoms in total. The number of likely N-dealkylation sites (tertiary alicyclic amines) is 1. The number of fused-ring (bicyclic) bond motifs is 3. The fraction of sp³-hybridized carbons (Fsp3) is 0.452. The van der Waals surface area contributed by atoms with Crippen molar-refractivity contribution < 1.29 is 14.4 Å². The number of benzene rings is 2. The number of carbonyl (C=O) groups is 3. The first-order valence-corrected chi connectivity index (χ1v) is 14.8. The molecule has 1 aliphatic heterocycles. The van der Waals surface area contributed by atoms with Crippen LogP contribution in [0.5, 0.6) is 0 Å². The van der Waals surface area contributed by atoms with Crippen LogP contribution in [0.4, 0.5) is 0 Å². The lowest BCUT2D eigenvalue weighted by atomic mass is 9.67. The number of H-pyrrole nitrogens is 1. The molecule has 4 aliphatic rings. The molecule has 220 valence electrons. The number of hydrogen-bond acceptors (Lipinski definition) is 8. The summed E-state index contributed by atoms with van der Waals surface area (Å²) < 4.78 is 0. The predicted octanol–water partition coefficient (Wildman–Crippen LogP) is 1.10. The monoisotopic (exact) mass is 579 g/mol. The van der Waals surface area contributed by atoms with E-state index in [-0.39, 0.29) is 30.6 Å². The van der Waals surface area contributed by atoms with Crippen LogP contribution in [0.3, 0.4) is 0 Å². The molecule has 2 aromatic carbocycles. The number of aromatic nitrogens is 4. The molecular formula is C31H33N9O3. The van der Waals surface area contributed by atoms with Crippen LogP contribution in [0.15, 0.2) is 36.4 Å². The van der Waals surface area contributed by atoms with Gasteiger partial charge in [-0.2, -0.15) is 10.5 Å². The molecule has 12 heteroatoms. The molecular weight excluding hydrogens is 546 g/mol. The van der Waals surface area contributed by atoms with Crippen molar-refractivity contribution in [2.24, 2.45) is 23.3 Å². The third-order valence-corrected chi connectivity index (χ3v) is 9.86. The van der Waals surface area contributed by atoms with Gasteiger partial charge in [0.05, 0.1) is 18.0 Å². The van der Waals surface area contributed by atoms with Crippen molar-refractivity contribution in [3.8, 4) is 6.07 Å². The summed E-state index contributed by atoms with van der Waals surface area (Å²) in [6.45, 7) is 0.131. The number of amides is 3. The van der Waals surface area contributed by atoms with E-state index in [2.05, 4.69) is 32.0 Å². The van der Waals surface area contributed by atoms with Gasteiger partial charge < -0.3 is 21.7 Å². The summed E-state index contributed by atoms with van der Waals surface area (Å²) in [5.74, 6) is 0.160. The number of rotatable bonds is 9. The Morgan fingerprint density at radius 3 is 2.23 bits per heavy atom. The van der Waals surface area contributed by atoms with Gasteiger partial charge in [0.25, 0.3) is 0 Å². The number of carbonyl (C=O) groups excluding carboxylic acids is 3. The molecule has 7 rings (SSSR count). The van der Waals surface area contributed by atoms with Gasteiger partial charge in [-0.05, 0) is 103 Å². The van der Waals surface area contributed by atoms with E-state index < -0.39 is 17.2 Å². The Labute approximate surface area is 248 Å². The largest absolute Gasteiger partial charge is 0.366 e. The molecule has 0 spiro atoms.